The summed E-state index contributed by atoms with van der Waals surface area (Å²) in [7, 11) is 0. The summed E-state index contributed by atoms with van der Waals surface area (Å²) in [6, 6.07) is 3.11. The summed E-state index contributed by atoms with van der Waals surface area (Å²) in [5, 5.41) is 1.98. The Kier molecular flexibility index (Phi) is 4.54. The zero-order chi connectivity index (χ0) is 18.1. The van der Waals surface area contributed by atoms with Gasteiger partial charge >= 0.3 is 17.9 Å². The van der Waals surface area contributed by atoms with Crippen LogP contribution >= 0.6 is 0 Å². The number of carbonyl (C=O) groups excluding carboxylic acids is 1. The smallest absolute Gasteiger partial charge is 0.418 e. The van der Waals surface area contributed by atoms with Crippen molar-refractivity contribution in [3.8, 4) is 0 Å². The number of para-hydroxylation sites is 1. The molecule has 0 aliphatic rings. The van der Waals surface area contributed by atoms with E-state index in [-0.39, 0.29) is 17.8 Å². The van der Waals surface area contributed by atoms with Crippen LogP contribution in [-0.2, 0) is 17.5 Å². The molecule has 24 heavy (non-hydrogen) atoms. The number of halogens is 3. The van der Waals surface area contributed by atoms with E-state index in [1.54, 1.807) is 20.8 Å². The van der Waals surface area contributed by atoms with Gasteiger partial charge in [0.05, 0.1) is 23.0 Å². The molecule has 1 aromatic carbocycles. The standard InChI is InChI=1S/C15H15F3N2O4/c1-14(2,3)24-13(22)19-7-10-20-11-8(12(21)23-10)5-4-6-9(11)15(16,17)18/h4-6H,7H2,1-3H3,(H,19,22). The lowest BCUT2D eigenvalue weighted by atomic mass is 10.1. The summed E-state index contributed by atoms with van der Waals surface area (Å²) in [5.74, 6) is -0.352. The molecule has 0 bridgehead atoms. The van der Waals surface area contributed by atoms with Gasteiger partial charge in [-0.3, -0.25) is 0 Å². The predicted octanol–water partition coefficient (Wildman–Crippen LogP) is 3.23. The van der Waals surface area contributed by atoms with Crippen LogP contribution in [0.1, 0.15) is 32.2 Å². The zero-order valence-electron chi connectivity index (χ0n) is 13.2. The number of amides is 1. The third-order valence-corrected chi connectivity index (χ3v) is 2.79. The van der Waals surface area contributed by atoms with Crippen LogP contribution in [0.25, 0.3) is 10.9 Å². The van der Waals surface area contributed by atoms with Crippen molar-refractivity contribution in [2.45, 2.75) is 39.1 Å². The lowest BCUT2D eigenvalue weighted by Crippen LogP contribution is -2.32. The molecule has 1 amide bonds. The maximum absolute atomic E-state index is 13.0. The van der Waals surface area contributed by atoms with Crippen molar-refractivity contribution in [3.63, 3.8) is 0 Å². The topological polar surface area (TPSA) is 81.4 Å². The van der Waals surface area contributed by atoms with E-state index >= 15 is 0 Å². The maximum atomic E-state index is 13.0. The second kappa shape index (κ2) is 6.14. The van der Waals surface area contributed by atoms with Gasteiger partial charge in [-0.05, 0) is 32.9 Å². The number of carbonyl (C=O) groups is 1. The van der Waals surface area contributed by atoms with E-state index < -0.39 is 34.6 Å². The molecule has 0 aliphatic carbocycles. The first-order chi connectivity index (χ1) is 11.0. The molecule has 1 heterocycles. The molecule has 6 nitrogen and oxygen atoms in total. The predicted molar refractivity (Wildman–Crippen MR) is 78.4 cm³/mol. The monoisotopic (exact) mass is 344 g/mol. The normalized spacial score (nSPS) is 12.2. The molecular weight excluding hydrogens is 329 g/mol. The largest absolute Gasteiger partial charge is 0.444 e. The summed E-state index contributed by atoms with van der Waals surface area (Å²) in [5.41, 5.74) is -3.29. The summed E-state index contributed by atoms with van der Waals surface area (Å²) in [6.45, 7) is 4.57. The van der Waals surface area contributed by atoms with Crippen LogP contribution in [0, 0.1) is 0 Å². The Morgan fingerprint density at radius 1 is 1.29 bits per heavy atom. The van der Waals surface area contributed by atoms with Crippen LogP contribution < -0.4 is 10.9 Å². The maximum Gasteiger partial charge on any atom is 0.418 e. The minimum atomic E-state index is -4.67. The first kappa shape index (κ1) is 17.8. The summed E-state index contributed by atoms with van der Waals surface area (Å²) >= 11 is 0. The third kappa shape index (κ3) is 4.24. The second-order valence-corrected chi connectivity index (χ2v) is 5.95. The Morgan fingerprint density at radius 2 is 1.96 bits per heavy atom. The van der Waals surface area contributed by atoms with Crippen LogP contribution in [0.4, 0.5) is 18.0 Å². The fraction of sp³-hybridized carbons (Fsp3) is 0.400. The first-order valence-electron chi connectivity index (χ1n) is 6.94. The number of hydrogen-bond donors (Lipinski definition) is 1. The van der Waals surface area contributed by atoms with Crippen molar-refractivity contribution >= 4 is 17.0 Å². The number of hydrogen-bond acceptors (Lipinski definition) is 5. The van der Waals surface area contributed by atoms with Gasteiger partial charge in [-0.15, -0.1) is 0 Å². The van der Waals surface area contributed by atoms with E-state index in [4.69, 9.17) is 9.15 Å². The van der Waals surface area contributed by atoms with Crippen LogP contribution in [0.15, 0.2) is 27.4 Å². The van der Waals surface area contributed by atoms with E-state index in [0.717, 1.165) is 12.1 Å². The number of fused-ring (bicyclic) bond motifs is 1. The lowest BCUT2D eigenvalue weighted by molar-refractivity contribution is -0.136. The average molecular weight is 344 g/mol. The third-order valence-electron chi connectivity index (χ3n) is 2.79. The van der Waals surface area contributed by atoms with Crippen molar-refractivity contribution in [2.75, 3.05) is 0 Å². The number of nitrogens with zero attached hydrogens (tertiary/aromatic N) is 1. The molecule has 0 unspecified atom stereocenters. The van der Waals surface area contributed by atoms with Gasteiger partial charge in [-0.1, -0.05) is 6.07 Å². The lowest BCUT2D eigenvalue weighted by Gasteiger charge is -2.19. The van der Waals surface area contributed by atoms with Gasteiger partial charge in [-0.25, -0.2) is 14.6 Å². The fourth-order valence-electron chi connectivity index (χ4n) is 1.90. The van der Waals surface area contributed by atoms with Crippen LogP contribution in [0.5, 0.6) is 0 Å². The number of aromatic nitrogens is 1. The van der Waals surface area contributed by atoms with Gasteiger partial charge in [0.25, 0.3) is 0 Å². The average Bonchev–Trinajstić information content (AvgIpc) is 2.41. The molecule has 0 atom stereocenters. The molecule has 0 saturated heterocycles. The number of benzene rings is 1. The number of nitrogens with one attached hydrogen (secondary N) is 1. The van der Waals surface area contributed by atoms with Crippen molar-refractivity contribution in [1.82, 2.24) is 10.3 Å². The van der Waals surface area contributed by atoms with E-state index in [9.17, 15) is 22.8 Å². The molecule has 0 aliphatic heterocycles. The van der Waals surface area contributed by atoms with E-state index in [0.29, 0.717) is 0 Å². The molecule has 0 radical (unpaired) electrons. The second-order valence-electron chi connectivity index (χ2n) is 5.95. The Morgan fingerprint density at radius 3 is 2.54 bits per heavy atom. The highest BCUT2D eigenvalue weighted by Crippen LogP contribution is 2.33. The molecule has 130 valence electrons. The van der Waals surface area contributed by atoms with Gasteiger partial charge in [0.2, 0.25) is 5.89 Å². The SMILES string of the molecule is CC(C)(C)OC(=O)NCc1nc2c(C(F)(F)F)cccc2c(=O)o1. The van der Waals surface area contributed by atoms with Crippen LogP contribution in [0.2, 0.25) is 0 Å². The van der Waals surface area contributed by atoms with E-state index in [1.807, 2.05) is 0 Å². The molecule has 1 N–H and O–H groups in total. The minimum Gasteiger partial charge on any atom is -0.444 e. The van der Waals surface area contributed by atoms with Gasteiger partial charge in [0.1, 0.15) is 5.60 Å². The number of alkyl halides is 3. The molecule has 2 aromatic rings. The zero-order valence-corrected chi connectivity index (χ0v) is 13.2. The Hall–Kier alpha value is -2.58. The summed E-state index contributed by atoms with van der Waals surface area (Å²) in [6.07, 6.45) is -5.48. The van der Waals surface area contributed by atoms with Crippen molar-refractivity contribution in [1.29, 1.82) is 0 Å². The highest BCUT2D eigenvalue weighted by atomic mass is 19.4. The molecule has 1 aromatic heterocycles. The molecule has 2 rings (SSSR count). The number of rotatable bonds is 2. The summed E-state index contributed by atoms with van der Waals surface area (Å²) in [4.78, 5) is 27.1. The fourth-order valence-corrected chi connectivity index (χ4v) is 1.90. The quantitative estimate of drug-likeness (QED) is 0.904. The highest BCUT2D eigenvalue weighted by molar-refractivity contribution is 5.81. The van der Waals surface area contributed by atoms with Gasteiger partial charge in [0.15, 0.2) is 0 Å². The minimum absolute atomic E-state index is 0.286. The van der Waals surface area contributed by atoms with Crippen LogP contribution in [-0.4, -0.2) is 16.7 Å². The van der Waals surface area contributed by atoms with Crippen molar-refractivity contribution < 1.29 is 27.1 Å². The Bertz CT molecular complexity index is 822. The highest BCUT2D eigenvalue weighted by Gasteiger charge is 2.34. The molecule has 9 heteroatoms. The van der Waals surface area contributed by atoms with Gasteiger partial charge < -0.3 is 14.5 Å². The number of alkyl carbamates (subject to hydrolysis) is 1. The van der Waals surface area contributed by atoms with Crippen LogP contribution in [0.3, 0.4) is 0 Å². The van der Waals surface area contributed by atoms with Gasteiger partial charge in [0, 0.05) is 0 Å². The molecule has 0 fully saturated rings. The molecular formula is C15H15F3N2O4. The molecule has 0 saturated carbocycles. The van der Waals surface area contributed by atoms with Gasteiger partial charge in [-0.2, -0.15) is 13.2 Å². The summed E-state index contributed by atoms with van der Waals surface area (Å²) < 4.78 is 48.9. The van der Waals surface area contributed by atoms with E-state index in [2.05, 4.69) is 10.3 Å². The number of ether oxygens (including phenoxy) is 1. The van der Waals surface area contributed by atoms with Crippen molar-refractivity contribution in [3.05, 3.63) is 40.1 Å². The Labute approximate surface area is 134 Å². The first-order valence-corrected chi connectivity index (χ1v) is 6.94. The van der Waals surface area contributed by atoms with Crippen molar-refractivity contribution in [2.24, 2.45) is 0 Å². The van der Waals surface area contributed by atoms with E-state index in [1.165, 1.54) is 6.07 Å². The Balaban J connectivity index is 2.33. The molecule has 0 spiro atoms.